The third kappa shape index (κ3) is 2.78. The van der Waals surface area contributed by atoms with E-state index in [4.69, 9.17) is 0 Å². The quantitative estimate of drug-likeness (QED) is 0.799. The van der Waals surface area contributed by atoms with Crippen LogP contribution in [-0.4, -0.2) is 29.8 Å². The van der Waals surface area contributed by atoms with Gasteiger partial charge in [-0.05, 0) is 29.8 Å². The van der Waals surface area contributed by atoms with Gasteiger partial charge in [0, 0.05) is 37.7 Å². The number of nitrogens with zero attached hydrogens (tertiary/aromatic N) is 3. The van der Waals surface area contributed by atoms with Crippen molar-refractivity contribution in [1.29, 1.82) is 0 Å². The van der Waals surface area contributed by atoms with E-state index < -0.39 is 0 Å². The summed E-state index contributed by atoms with van der Waals surface area (Å²) in [6.07, 6.45) is 2.31. The van der Waals surface area contributed by atoms with E-state index in [1.165, 1.54) is 0 Å². The summed E-state index contributed by atoms with van der Waals surface area (Å²) < 4.78 is 1.80. The van der Waals surface area contributed by atoms with E-state index in [0.717, 1.165) is 28.3 Å². The number of benzene rings is 2. The van der Waals surface area contributed by atoms with Gasteiger partial charge < -0.3 is 10.2 Å². The molecule has 3 aromatic rings. The lowest BCUT2D eigenvalue weighted by Gasteiger charge is -2.24. The molecule has 5 heteroatoms. The average Bonchev–Trinajstić information content (AvgIpc) is 3.05. The second-order valence-electron chi connectivity index (χ2n) is 6.49. The van der Waals surface area contributed by atoms with Crippen molar-refractivity contribution in [2.75, 3.05) is 24.3 Å². The number of hydrogen-bond acceptors (Lipinski definition) is 3. The van der Waals surface area contributed by atoms with E-state index in [1.807, 2.05) is 50.6 Å². The van der Waals surface area contributed by atoms with Crippen LogP contribution in [0.25, 0.3) is 5.69 Å². The number of carbonyl (C=O) groups is 1. The Kier molecular flexibility index (Phi) is 3.76. The molecule has 1 aliphatic rings. The van der Waals surface area contributed by atoms with Gasteiger partial charge in [-0.2, -0.15) is 5.10 Å². The predicted octanol–water partition coefficient (Wildman–Crippen LogP) is 3.41. The van der Waals surface area contributed by atoms with Crippen LogP contribution in [0.4, 0.5) is 11.5 Å². The summed E-state index contributed by atoms with van der Waals surface area (Å²) in [6.45, 7) is 0. The Labute approximate surface area is 146 Å². The van der Waals surface area contributed by atoms with Crippen LogP contribution < -0.4 is 10.2 Å². The molecule has 1 amide bonds. The average molecular weight is 332 g/mol. The van der Waals surface area contributed by atoms with Crippen LogP contribution in [0.5, 0.6) is 0 Å². The van der Waals surface area contributed by atoms with Gasteiger partial charge in [0.25, 0.3) is 0 Å². The molecule has 0 saturated carbocycles. The fourth-order valence-electron chi connectivity index (χ4n) is 3.29. The van der Waals surface area contributed by atoms with Crippen molar-refractivity contribution in [3.8, 4) is 5.69 Å². The number of nitrogens with one attached hydrogen (secondary N) is 1. The molecule has 0 radical (unpaired) electrons. The highest BCUT2D eigenvalue weighted by Gasteiger charge is 2.30. The Hall–Kier alpha value is -3.08. The summed E-state index contributed by atoms with van der Waals surface area (Å²) in [6, 6.07) is 18.2. The number of hydrogen-bond donors (Lipinski definition) is 1. The van der Waals surface area contributed by atoms with Crippen molar-refractivity contribution in [3.05, 3.63) is 71.9 Å². The van der Waals surface area contributed by atoms with Gasteiger partial charge in [0.2, 0.25) is 5.91 Å². The first-order valence-corrected chi connectivity index (χ1v) is 8.34. The Bertz CT molecular complexity index is 897. The zero-order valence-electron chi connectivity index (χ0n) is 14.3. The van der Waals surface area contributed by atoms with Gasteiger partial charge in [0.15, 0.2) is 0 Å². The molecule has 0 fully saturated rings. The Morgan fingerprint density at radius 1 is 1.08 bits per heavy atom. The first-order chi connectivity index (χ1) is 12.1. The molecule has 126 valence electrons. The minimum absolute atomic E-state index is 0.0202. The summed E-state index contributed by atoms with van der Waals surface area (Å²) in [7, 11) is 4.04. The minimum Gasteiger partial charge on any atom is -0.378 e. The Balaban J connectivity index is 1.75. The highest BCUT2D eigenvalue weighted by molar-refractivity contribution is 5.94. The molecule has 0 unspecified atom stereocenters. The molecule has 4 rings (SSSR count). The number of fused-ring (bicyclic) bond motifs is 1. The third-order valence-electron chi connectivity index (χ3n) is 4.63. The number of anilines is 2. The van der Waals surface area contributed by atoms with Crippen LogP contribution in [0.3, 0.4) is 0 Å². The first-order valence-electron chi connectivity index (χ1n) is 8.34. The summed E-state index contributed by atoms with van der Waals surface area (Å²) in [5.74, 6) is 0.813. The monoisotopic (exact) mass is 332 g/mol. The second kappa shape index (κ2) is 6.09. The molecule has 5 nitrogen and oxygen atoms in total. The van der Waals surface area contributed by atoms with Crippen LogP contribution in [0.15, 0.2) is 60.8 Å². The zero-order chi connectivity index (χ0) is 17.4. The lowest BCUT2D eigenvalue weighted by atomic mass is 9.87. The number of para-hydroxylation sites is 1. The van der Waals surface area contributed by atoms with E-state index in [0.29, 0.717) is 6.42 Å². The van der Waals surface area contributed by atoms with Gasteiger partial charge in [0.1, 0.15) is 5.82 Å². The van der Waals surface area contributed by atoms with Gasteiger partial charge in [-0.3, -0.25) is 4.79 Å². The molecule has 1 aromatic heterocycles. The smallest absolute Gasteiger partial charge is 0.226 e. The zero-order valence-corrected chi connectivity index (χ0v) is 14.3. The number of amides is 1. The molecule has 0 aliphatic carbocycles. The lowest BCUT2D eigenvalue weighted by molar-refractivity contribution is -0.116. The minimum atomic E-state index is 0.0202. The van der Waals surface area contributed by atoms with Crippen molar-refractivity contribution < 1.29 is 4.79 Å². The van der Waals surface area contributed by atoms with Gasteiger partial charge in [-0.15, -0.1) is 0 Å². The lowest BCUT2D eigenvalue weighted by Crippen LogP contribution is -2.24. The highest BCUT2D eigenvalue weighted by Crippen LogP contribution is 2.38. The summed E-state index contributed by atoms with van der Waals surface area (Å²) in [5, 5.41) is 7.51. The van der Waals surface area contributed by atoms with E-state index in [2.05, 4.69) is 39.6 Å². The van der Waals surface area contributed by atoms with E-state index in [1.54, 1.807) is 4.68 Å². The third-order valence-corrected chi connectivity index (χ3v) is 4.63. The van der Waals surface area contributed by atoms with E-state index >= 15 is 0 Å². The van der Waals surface area contributed by atoms with Crippen LogP contribution in [0.2, 0.25) is 0 Å². The molecule has 1 atom stereocenters. The van der Waals surface area contributed by atoms with Crippen molar-refractivity contribution >= 4 is 17.4 Å². The topological polar surface area (TPSA) is 50.2 Å². The van der Waals surface area contributed by atoms with Crippen LogP contribution in [0.1, 0.15) is 23.5 Å². The molecule has 0 saturated heterocycles. The fraction of sp³-hybridized carbons (Fsp3) is 0.200. The van der Waals surface area contributed by atoms with Gasteiger partial charge in [-0.1, -0.05) is 30.3 Å². The molecule has 1 aliphatic heterocycles. The maximum Gasteiger partial charge on any atom is 0.226 e. The first kappa shape index (κ1) is 15.4. The van der Waals surface area contributed by atoms with Crippen molar-refractivity contribution in [3.63, 3.8) is 0 Å². The van der Waals surface area contributed by atoms with Crippen LogP contribution in [0, 0.1) is 0 Å². The number of carbonyl (C=O) groups excluding carboxylic acids is 1. The maximum atomic E-state index is 12.3. The summed E-state index contributed by atoms with van der Waals surface area (Å²) in [5.41, 5.74) is 4.27. The Morgan fingerprint density at radius 2 is 1.80 bits per heavy atom. The largest absolute Gasteiger partial charge is 0.378 e. The standard InChI is InChI=1S/C20H20N4O/c1-23(2)15-10-8-14(9-11-15)17-12-19(25)22-20-18(17)13-21-24(20)16-6-4-3-5-7-16/h3-11,13,17H,12H2,1-2H3,(H,22,25)/t17-/m1/s1. The maximum absolute atomic E-state index is 12.3. The summed E-state index contributed by atoms with van der Waals surface area (Å²) in [4.78, 5) is 14.4. The van der Waals surface area contributed by atoms with E-state index in [-0.39, 0.29) is 11.8 Å². The molecule has 0 spiro atoms. The molecular weight excluding hydrogens is 312 g/mol. The Morgan fingerprint density at radius 3 is 2.48 bits per heavy atom. The van der Waals surface area contributed by atoms with Crippen molar-refractivity contribution in [2.45, 2.75) is 12.3 Å². The van der Waals surface area contributed by atoms with Crippen LogP contribution in [-0.2, 0) is 4.79 Å². The predicted molar refractivity (Wildman–Crippen MR) is 99.4 cm³/mol. The molecule has 2 aromatic carbocycles. The molecule has 1 N–H and O–H groups in total. The SMILES string of the molecule is CN(C)c1ccc([C@H]2CC(=O)Nc3c2cnn3-c2ccccc2)cc1. The van der Waals surface area contributed by atoms with Crippen molar-refractivity contribution in [2.24, 2.45) is 0 Å². The summed E-state index contributed by atoms with van der Waals surface area (Å²) >= 11 is 0. The van der Waals surface area contributed by atoms with E-state index in [9.17, 15) is 4.79 Å². The van der Waals surface area contributed by atoms with Gasteiger partial charge in [-0.25, -0.2) is 4.68 Å². The fourth-order valence-corrected chi connectivity index (χ4v) is 3.29. The highest BCUT2D eigenvalue weighted by atomic mass is 16.1. The normalized spacial score (nSPS) is 16.2. The van der Waals surface area contributed by atoms with Crippen molar-refractivity contribution in [1.82, 2.24) is 9.78 Å². The number of aromatic nitrogens is 2. The van der Waals surface area contributed by atoms with Gasteiger partial charge >= 0.3 is 0 Å². The second-order valence-corrected chi connectivity index (χ2v) is 6.49. The molecule has 0 bridgehead atoms. The number of rotatable bonds is 3. The molecule has 2 heterocycles. The molecule has 25 heavy (non-hydrogen) atoms. The van der Waals surface area contributed by atoms with Gasteiger partial charge in [0.05, 0.1) is 11.9 Å². The molecular formula is C20H20N4O. The van der Waals surface area contributed by atoms with Crippen LogP contribution >= 0.6 is 0 Å².